The molecule has 0 saturated carbocycles. The summed E-state index contributed by atoms with van der Waals surface area (Å²) >= 11 is 0. The van der Waals surface area contributed by atoms with E-state index in [0.717, 1.165) is 12.0 Å². The fraction of sp³-hybridized carbons (Fsp3) is 0.500. The summed E-state index contributed by atoms with van der Waals surface area (Å²) in [4.78, 5) is 35.0. The molecule has 0 aliphatic heterocycles. The molecule has 0 aliphatic carbocycles. The molecule has 7 nitrogen and oxygen atoms in total. The molecule has 0 unspecified atom stereocenters. The van der Waals surface area contributed by atoms with Gasteiger partial charge in [0.15, 0.2) is 6.61 Å². The average molecular weight is 349 g/mol. The predicted octanol–water partition coefficient (Wildman–Crippen LogP) is 1.97. The highest BCUT2D eigenvalue weighted by molar-refractivity contribution is 5.91. The lowest BCUT2D eigenvalue weighted by atomic mass is 10.1. The number of carbonyl (C=O) groups is 3. The topological polar surface area (TPSA) is 96.5 Å². The third-order valence-electron chi connectivity index (χ3n) is 3.42. The molecule has 0 heterocycles. The van der Waals surface area contributed by atoms with E-state index in [9.17, 15) is 14.4 Å². The number of hydrogen-bond acceptors (Lipinski definition) is 4. The summed E-state index contributed by atoms with van der Waals surface area (Å²) in [6, 6.07) is 6.53. The summed E-state index contributed by atoms with van der Waals surface area (Å²) in [6.07, 6.45) is 0.810. The van der Waals surface area contributed by atoms with Gasteiger partial charge in [0.1, 0.15) is 0 Å². The quantitative estimate of drug-likeness (QED) is 0.625. The maximum Gasteiger partial charge on any atom is 0.338 e. The molecular formula is C18H27N3O4. The van der Waals surface area contributed by atoms with Gasteiger partial charge in [-0.15, -0.1) is 0 Å². The summed E-state index contributed by atoms with van der Waals surface area (Å²) in [5.41, 5.74) is 1.21. The van der Waals surface area contributed by atoms with Gasteiger partial charge in [0.2, 0.25) is 0 Å². The molecule has 0 fully saturated rings. The van der Waals surface area contributed by atoms with E-state index >= 15 is 0 Å². The monoisotopic (exact) mass is 349 g/mol. The van der Waals surface area contributed by atoms with Gasteiger partial charge in [-0.3, -0.25) is 4.79 Å². The first-order valence-corrected chi connectivity index (χ1v) is 8.41. The number of nitrogens with one attached hydrogen (secondary N) is 3. The fourth-order valence-electron chi connectivity index (χ4n) is 1.89. The Kier molecular flexibility index (Phi) is 8.46. The van der Waals surface area contributed by atoms with Crippen molar-refractivity contribution in [1.82, 2.24) is 16.0 Å². The second kappa shape index (κ2) is 10.3. The molecule has 1 rings (SSSR count). The molecular weight excluding hydrogens is 322 g/mol. The predicted molar refractivity (Wildman–Crippen MR) is 95.1 cm³/mol. The minimum Gasteiger partial charge on any atom is -0.452 e. The third-order valence-corrected chi connectivity index (χ3v) is 3.42. The minimum absolute atomic E-state index is 0.0471. The number of amides is 3. The lowest BCUT2D eigenvalue weighted by Gasteiger charge is -2.12. The zero-order valence-electron chi connectivity index (χ0n) is 15.2. The van der Waals surface area contributed by atoms with Crippen LogP contribution < -0.4 is 16.0 Å². The van der Waals surface area contributed by atoms with Gasteiger partial charge in [0.25, 0.3) is 5.91 Å². The maximum absolute atomic E-state index is 11.9. The highest BCUT2D eigenvalue weighted by Crippen LogP contribution is 2.06. The van der Waals surface area contributed by atoms with Gasteiger partial charge in [-0.1, -0.05) is 19.1 Å². The van der Waals surface area contributed by atoms with Crippen LogP contribution in [0.4, 0.5) is 4.79 Å². The number of carbonyl (C=O) groups excluding carboxylic acids is 3. The molecule has 3 N–H and O–H groups in total. The summed E-state index contributed by atoms with van der Waals surface area (Å²) in [7, 11) is 0. The van der Waals surface area contributed by atoms with Crippen LogP contribution in [-0.2, 0) is 16.1 Å². The molecule has 1 aromatic carbocycles. The molecule has 0 aromatic heterocycles. The van der Waals surface area contributed by atoms with Gasteiger partial charge in [0.05, 0.1) is 5.56 Å². The van der Waals surface area contributed by atoms with Crippen molar-refractivity contribution in [3.8, 4) is 0 Å². The summed E-state index contributed by atoms with van der Waals surface area (Å²) in [6.45, 7) is 7.65. The highest BCUT2D eigenvalue weighted by atomic mass is 16.5. The van der Waals surface area contributed by atoms with Crippen LogP contribution in [0.15, 0.2) is 24.3 Å². The van der Waals surface area contributed by atoms with Crippen molar-refractivity contribution in [3.63, 3.8) is 0 Å². The van der Waals surface area contributed by atoms with E-state index in [4.69, 9.17) is 4.74 Å². The van der Waals surface area contributed by atoms with E-state index in [0.29, 0.717) is 12.1 Å². The van der Waals surface area contributed by atoms with Crippen LogP contribution in [0.1, 0.15) is 50.0 Å². The summed E-state index contributed by atoms with van der Waals surface area (Å²) in [5.74, 6) is -0.879. The number of rotatable bonds is 8. The highest BCUT2D eigenvalue weighted by Gasteiger charge is 2.11. The standard InChI is InChI=1S/C18H27N3O4/c1-5-13(4)21-16(22)11-25-17(23)15-8-6-14(7-9-15)10-19-18(24)20-12(2)3/h6-9,12-13H,5,10-11H2,1-4H3,(H,21,22)(H2,19,20,24)/t13-/m1/s1. The van der Waals surface area contributed by atoms with Crippen molar-refractivity contribution < 1.29 is 19.1 Å². The normalized spacial score (nSPS) is 11.6. The molecule has 3 amide bonds. The number of ether oxygens (including phenoxy) is 1. The van der Waals surface area contributed by atoms with Crippen LogP contribution in [0.5, 0.6) is 0 Å². The lowest BCUT2D eigenvalue weighted by molar-refractivity contribution is -0.124. The zero-order chi connectivity index (χ0) is 18.8. The van der Waals surface area contributed by atoms with Crippen molar-refractivity contribution in [2.45, 2.75) is 52.7 Å². The van der Waals surface area contributed by atoms with Gasteiger partial charge in [-0.05, 0) is 44.9 Å². The molecule has 0 radical (unpaired) electrons. The van der Waals surface area contributed by atoms with Gasteiger partial charge in [0, 0.05) is 18.6 Å². The van der Waals surface area contributed by atoms with E-state index in [-0.39, 0.29) is 30.6 Å². The Bertz CT molecular complexity index is 584. The Morgan fingerprint density at radius 1 is 1.04 bits per heavy atom. The van der Waals surface area contributed by atoms with Gasteiger partial charge in [-0.25, -0.2) is 9.59 Å². The molecule has 138 valence electrons. The zero-order valence-corrected chi connectivity index (χ0v) is 15.2. The van der Waals surface area contributed by atoms with Crippen LogP contribution in [0.25, 0.3) is 0 Å². The average Bonchev–Trinajstić information content (AvgIpc) is 2.57. The Balaban J connectivity index is 2.43. The van der Waals surface area contributed by atoms with Crippen LogP contribution >= 0.6 is 0 Å². The van der Waals surface area contributed by atoms with E-state index in [1.165, 1.54) is 0 Å². The smallest absolute Gasteiger partial charge is 0.338 e. The number of hydrogen-bond donors (Lipinski definition) is 3. The van der Waals surface area contributed by atoms with Crippen molar-refractivity contribution >= 4 is 17.9 Å². The minimum atomic E-state index is -0.559. The molecule has 1 aromatic rings. The molecule has 1 atom stereocenters. The molecule has 7 heteroatoms. The third kappa shape index (κ3) is 8.19. The second-order valence-electron chi connectivity index (χ2n) is 6.13. The van der Waals surface area contributed by atoms with Crippen molar-refractivity contribution in [2.75, 3.05) is 6.61 Å². The first-order chi connectivity index (χ1) is 11.8. The molecule has 0 saturated heterocycles. The summed E-state index contributed by atoms with van der Waals surface area (Å²) < 4.78 is 4.99. The van der Waals surface area contributed by atoms with Crippen LogP contribution in [0.2, 0.25) is 0 Å². The van der Waals surface area contributed by atoms with Crippen molar-refractivity contribution in [2.24, 2.45) is 0 Å². The van der Waals surface area contributed by atoms with Crippen LogP contribution in [0, 0.1) is 0 Å². The number of esters is 1. The summed E-state index contributed by atoms with van der Waals surface area (Å²) in [5, 5.41) is 8.17. The Hall–Kier alpha value is -2.57. The first kappa shape index (κ1) is 20.5. The SMILES string of the molecule is CC[C@@H](C)NC(=O)COC(=O)c1ccc(CNC(=O)NC(C)C)cc1. The fourth-order valence-corrected chi connectivity index (χ4v) is 1.89. The van der Waals surface area contributed by atoms with Gasteiger partial charge >= 0.3 is 12.0 Å². The molecule has 25 heavy (non-hydrogen) atoms. The lowest BCUT2D eigenvalue weighted by Crippen LogP contribution is -2.39. The van der Waals surface area contributed by atoms with Crippen LogP contribution in [0.3, 0.4) is 0 Å². The first-order valence-electron chi connectivity index (χ1n) is 8.41. The molecule has 0 spiro atoms. The number of urea groups is 1. The van der Waals surface area contributed by atoms with Crippen LogP contribution in [-0.4, -0.2) is 36.6 Å². The van der Waals surface area contributed by atoms with Crippen molar-refractivity contribution in [1.29, 1.82) is 0 Å². The van der Waals surface area contributed by atoms with E-state index in [1.54, 1.807) is 24.3 Å². The molecule has 0 aliphatic rings. The van der Waals surface area contributed by atoms with Crippen molar-refractivity contribution in [3.05, 3.63) is 35.4 Å². The van der Waals surface area contributed by atoms with Gasteiger partial charge < -0.3 is 20.7 Å². The maximum atomic E-state index is 11.9. The number of benzene rings is 1. The Morgan fingerprint density at radius 3 is 2.24 bits per heavy atom. The van der Waals surface area contributed by atoms with E-state index in [1.807, 2.05) is 27.7 Å². The van der Waals surface area contributed by atoms with Gasteiger partial charge in [-0.2, -0.15) is 0 Å². The van der Waals surface area contributed by atoms with E-state index < -0.39 is 5.97 Å². The Morgan fingerprint density at radius 2 is 1.68 bits per heavy atom. The molecule has 0 bridgehead atoms. The largest absolute Gasteiger partial charge is 0.452 e. The Labute approximate surface area is 148 Å². The van der Waals surface area contributed by atoms with E-state index in [2.05, 4.69) is 16.0 Å². The second-order valence-corrected chi connectivity index (χ2v) is 6.13.